The topological polar surface area (TPSA) is 17.1 Å². The number of fused-ring (bicyclic) bond motifs is 4. The Morgan fingerprint density at radius 3 is 2.76 bits per heavy atom. The van der Waals surface area contributed by atoms with Gasteiger partial charge in [-0.25, -0.2) is 0 Å². The zero-order valence-corrected chi connectivity index (χ0v) is 12.5. The lowest BCUT2D eigenvalue weighted by atomic mass is 9.79. The summed E-state index contributed by atoms with van der Waals surface area (Å²) >= 11 is 0. The molecule has 0 heterocycles. The summed E-state index contributed by atoms with van der Waals surface area (Å²) in [6.45, 7) is 8.41. The highest BCUT2D eigenvalue weighted by atomic mass is 16.1. The van der Waals surface area contributed by atoms with Crippen LogP contribution in [0.25, 0.3) is 16.3 Å². The summed E-state index contributed by atoms with van der Waals surface area (Å²) in [5.41, 5.74) is 6.51. The number of Topliss-reactive ketones (excluding diaryl/α,β-unsaturated/α-hetero) is 1. The first kappa shape index (κ1) is 12.6. The molecule has 2 aliphatic rings. The fraction of sp³-hybridized carbons (Fsp3) is 0.250. The first-order valence-electron chi connectivity index (χ1n) is 7.59. The van der Waals surface area contributed by atoms with Crippen LogP contribution in [0, 0.1) is 12.8 Å². The molecule has 0 N–H and O–H groups in total. The van der Waals surface area contributed by atoms with E-state index in [1.165, 1.54) is 22.1 Å². The van der Waals surface area contributed by atoms with Crippen LogP contribution in [-0.2, 0) is 0 Å². The summed E-state index contributed by atoms with van der Waals surface area (Å²) in [6, 6.07) is 10.5. The van der Waals surface area contributed by atoms with Crippen LogP contribution in [0.2, 0.25) is 0 Å². The molecule has 0 amide bonds. The lowest BCUT2D eigenvalue weighted by molar-refractivity contribution is 0.103. The summed E-state index contributed by atoms with van der Waals surface area (Å²) in [7, 11) is 0. The molecular formula is C20H18O. The van der Waals surface area contributed by atoms with E-state index in [4.69, 9.17) is 0 Å². The SMILES string of the molecule is C=C1C(=O)c2c(ccc3c(C)cccc23)C2=C1C(C)CC2. The molecule has 2 aromatic carbocycles. The summed E-state index contributed by atoms with van der Waals surface area (Å²) < 4.78 is 0. The van der Waals surface area contributed by atoms with Gasteiger partial charge in [0.05, 0.1) is 0 Å². The molecule has 0 bridgehead atoms. The second-order valence-corrected chi connectivity index (χ2v) is 6.30. The Kier molecular flexibility index (Phi) is 2.50. The molecule has 0 fully saturated rings. The summed E-state index contributed by atoms with van der Waals surface area (Å²) in [5.74, 6) is 0.575. The van der Waals surface area contributed by atoms with Crippen LogP contribution in [0.15, 0.2) is 48.1 Å². The van der Waals surface area contributed by atoms with Gasteiger partial charge in [0.2, 0.25) is 0 Å². The van der Waals surface area contributed by atoms with E-state index in [1.54, 1.807) is 0 Å². The normalized spacial score (nSPS) is 21.0. The average Bonchev–Trinajstić information content (AvgIpc) is 2.86. The van der Waals surface area contributed by atoms with Crippen molar-refractivity contribution in [2.24, 2.45) is 5.92 Å². The molecule has 0 saturated carbocycles. The van der Waals surface area contributed by atoms with Crippen molar-refractivity contribution < 1.29 is 4.79 Å². The zero-order valence-electron chi connectivity index (χ0n) is 12.5. The molecule has 0 aliphatic heterocycles. The fourth-order valence-corrected chi connectivity index (χ4v) is 3.98. The van der Waals surface area contributed by atoms with Crippen LogP contribution in [0.1, 0.15) is 41.3 Å². The molecule has 0 saturated heterocycles. The predicted molar refractivity (Wildman–Crippen MR) is 87.5 cm³/mol. The van der Waals surface area contributed by atoms with Crippen molar-refractivity contribution in [2.45, 2.75) is 26.7 Å². The van der Waals surface area contributed by atoms with Crippen LogP contribution in [0.3, 0.4) is 0 Å². The first-order chi connectivity index (χ1) is 10.1. The number of carbonyl (C=O) groups is 1. The standard InChI is InChI=1S/C20H18O/c1-11-5-4-6-15-14(11)9-10-17-16-8-7-12(2)18(16)13(3)20(21)19(15)17/h4-6,9-10,12H,3,7-8H2,1-2H3. The van der Waals surface area contributed by atoms with E-state index in [0.29, 0.717) is 5.92 Å². The van der Waals surface area contributed by atoms with E-state index in [0.717, 1.165) is 34.9 Å². The molecule has 1 nitrogen and oxygen atoms in total. The number of hydrogen-bond donors (Lipinski definition) is 0. The van der Waals surface area contributed by atoms with Crippen molar-refractivity contribution in [1.82, 2.24) is 0 Å². The van der Waals surface area contributed by atoms with Gasteiger partial charge < -0.3 is 0 Å². The Balaban J connectivity index is 2.13. The zero-order chi connectivity index (χ0) is 14.7. The second-order valence-electron chi connectivity index (χ2n) is 6.30. The molecule has 1 unspecified atom stereocenters. The van der Waals surface area contributed by atoms with Gasteiger partial charge in [0.15, 0.2) is 5.78 Å². The average molecular weight is 274 g/mol. The molecule has 0 spiro atoms. The van der Waals surface area contributed by atoms with E-state index in [2.05, 4.69) is 44.7 Å². The maximum absolute atomic E-state index is 12.9. The molecule has 4 rings (SSSR count). The van der Waals surface area contributed by atoms with Gasteiger partial charge in [-0.2, -0.15) is 0 Å². The predicted octanol–water partition coefficient (Wildman–Crippen LogP) is 5.08. The molecule has 0 radical (unpaired) electrons. The highest BCUT2D eigenvalue weighted by molar-refractivity contribution is 6.24. The Bertz CT molecular complexity index is 852. The van der Waals surface area contributed by atoms with Gasteiger partial charge in [-0.3, -0.25) is 4.79 Å². The van der Waals surface area contributed by atoms with E-state index < -0.39 is 0 Å². The highest BCUT2D eigenvalue weighted by Gasteiger charge is 2.35. The molecule has 104 valence electrons. The molecule has 0 aromatic heterocycles. The molecule has 1 heteroatoms. The van der Waals surface area contributed by atoms with Gasteiger partial charge in [0.25, 0.3) is 0 Å². The van der Waals surface area contributed by atoms with Gasteiger partial charge in [-0.1, -0.05) is 43.8 Å². The molecule has 1 atom stereocenters. The summed E-state index contributed by atoms with van der Waals surface area (Å²) in [5, 5.41) is 2.25. The highest BCUT2D eigenvalue weighted by Crippen LogP contribution is 2.47. The maximum atomic E-state index is 12.9. The fourth-order valence-electron chi connectivity index (χ4n) is 3.98. The summed E-state index contributed by atoms with van der Waals surface area (Å²) in [4.78, 5) is 12.9. The molecule has 21 heavy (non-hydrogen) atoms. The van der Waals surface area contributed by atoms with Crippen molar-refractivity contribution in [1.29, 1.82) is 0 Å². The van der Waals surface area contributed by atoms with Crippen LogP contribution >= 0.6 is 0 Å². The minimum Gasteiger partial charge on any atom is -0.289 e. The number of allylic oxidation sites excluding steroid dienone is 3. The third-order valence-electron chi connectivity index (χ3n) is 5.08. The minimum absolute atomic E-state index is 0.119. The van der Waals surface area contributed by atoms with Crippen LogP contribution in [0.4, 0.5) is 0 Å². The third-order valence-corrected chi connectivity index (χ3v) is 5.08. The number of rotatable bonds is 0. The Morgan fingerprint density at radius 1 is 1.14 bits per heavy atom. The smallest absolute Gasteiger partial charge is 0.193 e. The largest absolute Gasteiger partial charge is 0.289 e. The minimum atomic E-state index is 0.119. The van der Waals surface area contributed by atoms with Crippen LogP contribution in [0.5, 0.6) is 0 Å². The molecule has 2 aromatic rings. The number of aryl methyl sites for hydroxylation is 1. The number of hydrogen-bond acceptors (Lipinski definition) is 1. The van der Waals surface area contributed by atoms with Gasteiger partial charge in [-0.05, 0) is 58.7 Å². The van der Waals surface area contributed by atoms with Gasteiger partial charge >= 0.3 is 0 Å². The lowest BCUT2D eigenvalue weighted by Crippen LogP contribution is -2.15. The second kappa shape index (κ2) is 4.17. The number of carbonyl (C=O) groups excluding carboxylic acids is 1. The van der Waals surface area contributed by atoms with Crippen molar-refractivity contribution in [3.63, 3.8) is 0 Å². The third kappa shape index (κ3) is 1.55. The van der Waals surface area contributed by atoms with Gasteiger partial charge in [0, 0.05) is 11.1 Å². The van der Waals surface area contributed by atoms with Crippen molar-refractivity contribution in [2.75, 3.05) is 0 Å². The van der Waals surface area contributed by atoms with Crippen LogP contribution in [-0.4, -0.2) is 5.78 Å². The van der Waals surface area contributed by atoms with Crippen molar-refractivity contribution in [3.8, 4) is 0 Å². The molecular weight excluding hydrogens is 256 g/mol. The first-order valence-corrected chi connectivity index (χ1v) is 7.59. The Labute approximate surface area is 125 Å². The van der Waals surface area contributed by atoms with E-state index >= 15 is 0 Å². The van der Waals surface area contributed by atoms with Gasteiger partial charge in [0.1, 0.15) is 0 Å². The van der Waals surface area contributed by atoms with E-state index in [1.807, 2.05) is 6.07 Å². The Hall–Kier alpha value is -2.15. The number of benzene rings is 2. The summed E-state index contributed by atoms with van der Waals surface area (Å²) in [6.07, 6.45) is 2.19. The van der Waals surface area contributed by atoms with E-state index in [9.17, 15) is 4.79 Å². The number of ketones is 1. The van der Waals surface area contributed by atoms with Crippen molar-refractivity contribution in [3.05, 3.63) is 64.7 Å². The maximum Gasteiger partial charge on any atom is 0.193 e. The lowest BCUT2D eigenvalue weighted by Gasteiger charge is -2.23. The quantitative estimate of drug-likeness (QED) is 0.612. The van der Waals surface area contributed by atoms with E-state index in [-0.39, 0.29) is 5.78 Å². The monoisotopic (exact) mass is 274 g/mol. The van der Waals surface area contributed by atoms with Gasteiger partial charge in [-0.15, -0.1) is 0 Å². The van der Waals surface area contributed by atoms with Crippen LogP contribution < -0.4 is 0 Å². The Morgan fingerprint density at radius 2 is 1.95 bits per heavy atom. The van der Waals surface area contributed by atoms with Crippen molar-refractivity contribution >= 4 is 22.1 Å². The molecule has 2 aliphatic carbocycles.